The number of ether oxygens (including phenoxy) is 1. The fourth-order valence-electron chi connectivity index (χ4n) is 4.84. The molecule has 0 N–H and O–H groups in total. The first kappa shape index (κ1) is 23.5. The first-order valence-electron chi connectivity index (χ1n) is 12.0. The van der Waals surface area contributed by atoms with Crippen molar-refractivity contribution in [3.05, 3.63) is 77.1 Å². The zero-order valence-electron chi connectivity index (χ0n) is 19.2. The van der Waals surface area contributed by atoms with E-state index in [2.05, 4.69) is 19.7 Å². The van der Waals surface area contributed by atoms with Crippen molar-refractivity contribution in [3.8, 4) is 0 Å². The molecule has 0 saturated carbocycles. The summed E-state index contributed by atoms with van der Waals surface area (Å²) in [7, 11) is 0. The zero-order chi connectivity index (χ0) is 23.3. The number of thioether (sulfide) groups is 1. The van der Waals surface area contributed by atoms with Gasteiger partial charge < -0.3 is 9.30 Å². The first-order valence-corrected chi connectivity index (χ1v) is 13.0. The van der Waals surface area contributed by atoms with Crippen LogP contribution in [0, 0.1) is 11.6 Å². The normalized spacial score (nSPS) is 19.6. The minimum absolute atomic E-state index is 0.180. The summed E-state index contributed by atoms with van der Waals surface area (Å²) in [6.45, 7) is 4.26. The van der Waals surface area contributed by atoms with Gasteiger partial charge in [-0.15, -0.1) is 10.2 Å². The van der Waals surface area contributed by atoms with Crippen molar-refractivity contribution in [2.75, 3.05) is 19.7 Å². The van der Waals surface area contributed by atoms with Crippen LogP contribution in [0.15, 0.2) is 53.7 Å². The minimum Gasteiger partial charge on any atom is -0.376 e. The highest BCUT2D eigenvalue weighted by Crippen LogP contribution is 2.32. The van der Waals surface area contributed by atoms with Crippen LogP contribution < -0.4 is 0 Å². The van der Waals surface area contributed by atoms with Crippen molar-refractivity contribution in [3.63, 3.8) is 0 Å². The molecule has 34 heavy (non-hydrogen) atoms. The van der Waals surface area contributed by atoms with E-state index in [1.807, 2.05) is 18.2 Å². The average molecular weight is 485 g/mol. The van der Waals surface area contributed by atoms with E-state index in [0.29, 0.717) is 5.92 Å². The van der Waals surface area contributed by atoms with Gasteiger partial charge in [0.1, 0.15) is 17.5 Å². The van der Waals surface area contributed by atoms with Gasteiger partial charge in [-0.25, -0.2) is 8.78 Å². The number of aromatic nitrogens is 3. The third-order valence-electron chi connectivity index (χ3n) is 6.68. The molecule has 5 rings (SSSR count). The van der Waals surface area contributed by atoms with E-state index in [-0.39, 0.29) is 17.7 Å². The van der Waals surface area contributed by atoms with Gasteiger partial charge >= 0.3 is 0 Å². The molecule has 0 unspecified atom stereocenters. The molecule has 180 valence electrons. The summed E-state index contributed by atoms with van der Waals surface area (Å²) in [6, 6.07) is 13.5. The molecule has 2 saturated heterocycles. The van der Waals surface area contributed by atoms with Crippen LogP contribution in [0.1, 0.15) is 48.6 Å². The lowest BCUT2D eigenvalue weighted by Crippen LogP contribution is -2.33. The van der Waals surface area contributed by atoms with Crippen LogP contribution in [0.2, 0.25) is 0 Å². The molecule has 0 spiro atoms. The van der Waals surface area contributed by atoms with Crippen LogP contribution in [-0.2, 0) is 23.6 Å². The minimum atomic E-state index is -0.221. The van der Waals surface area contributed by atoms with Crippen LogP contribution in [0.4, 0.5) is 8.78 Å². The standard InChI is InChI=1S/C26H30F2N4OS/c27-22-8-6-19(7-9-22)18-34-26-30-29-25(32(26)17-24-5-2-14-33-24)21-10-12-31(13-11-21)16-20-3-1-4-23(28)15-20/h1,3-4,6-9,15,21,24H,2,5,10-14,16-18H2/t24-/m0/s1. The van der Waals surface area contributed by atoms with Crippen molar-refractivity contribution in [2.45, 2.75) is 61.7 Å². The van der Waals surface area contributed by atoms with Gasteiger partial charge in [0, 0.05) is 24.8 Å². The summed E-state index contributed by atoms with van der Waals surface area (Å²) in [5.41, 5.74) is 2.07. The van der Waals surface area contributed by atoms with E-state index in [1.165, 1.54) is 18.2 Å². The van der Waals surface area contributed by atoms with Crippen molar-refractivity contribution in [1.29, 1.82) is 0 Å². The number of piperidine rings is 1. The number of likely N-dealkylation sites (tertiary alicyclic amines) is 1. The molecule has 2 fully saturated rings. The average Bonchev–Trinajstić information content (AvgIpc) is 3.50. The van der Waals surface area contributed by atoms with Crippen molar-refractivity contribution in [2.24, 2.45) is 0 Å². The van der Waals surface area contributed by atoms with E-state index < -0.39 is 0 Å². The topological polar surface area (TPSA) is 43.2 Å². The number of halogens is 2. The van der Waals surface area contributed by atoms with E-state index in [0.717, 1.165) is 86.3 Å². The number of rotatable bonds is 8. The van der Waals surface area contributed by atoms with E-state index >= 15 is 0 Å². The maximum absolute atomic E-state index is 13.5. The first-order chi connectivity index (χ1) is 16.6. The van der Waals surface area contributed by atoms with Gasteiger partial charge in [0.2, 0.25) is 0 Å². The Kier molecular flexibility index (Phi) is 7.57. The van der Waals surface area contributed by atoms with E-state index in [9.17, 15) is 8.78 Å². The SMILES string of the molecule is Fc1ccc(CSc2nnc(C3CCN(Cc4cccc(F)c4)CC3)n2C[C@@H]2CCCO2)cc1. The van der Waals surface area contributed by atoms with Gasteiger partial charge in [0.05, 0.1) is 12.6 Å². The molecular formula is C26H30F2N4OS. The second-order valence-corrected chi connectivity index (χ2v) is 10.1. The Labute approximate surface area is 203 Å². The Bertz CT molecular complexity index is 1080. The molecule has 2 aliphatic rings. The van der Waals surface area contributed by atoms with Crippen molar-refractivity contribution < 1.29 is 13.5 Å². The molecule has 0 bridgehead atoms. The van der Waals surface area contributed by atoms with Crippen LogP contribution in [0.5, 0.6) is 0 Å². The third kappa shape index (κ3) is 5.85. The smallest absolute Gasteiger partial charge is 0.191 e. The summed E-state index contributed by atoms with van der Waals surface area (Å²) in [4.78, 5) is 2.39. The second-order valence-electron chi connectivity index (χ2n) is 9.18. The highest BCUT2D eigenvalue weighted by Gasteiger charge is 2.28. The molecule has 0 amide bonds. The molecule has 1 aromatic heterocycles. The van der Waals surface area contributed by atoms with Gasteiger partial charge in [-0.05, 0) is 74.2 Å². The lowest BCUT2D eigenvalue weighted by Gasteiger charge is -2.32. The quantitative estimate of drug-likeness (QED) is 0.400. The van der Waals surface area contributed by atoms with Crippen LogP contribution >= 0.6 is 11.8 Å². The Morgan fingerprint density at radius 1 is 0.941 bits per heavy atom. The Morgan fingerprint density at radius 2 is 1.76 bits per heavy atom. The fraction of sp³-hybridized carbons (Fsp3) is 0.462. The van der Waals surface area contributed by atoms with E-state index in [1.54, 1.807) is 23.9 Å². The molecule has 8 heteroatoms. The van der Waals surface area contributed by atoms with Gasteiger partial charge in [-0.3, -0.25) is 4.90 Å². The van der Waals surface area contributed by atoms with Gasteiger partial charge in [-0.2, -0.15) is 0 Å². The maximum Gasteiger partial charge on any atom is 0.191 e. The summed E-state index contributed by atoms with van der Waals surface area (Å²) in [5.74, 6) is 1.71. The number of benzene rings is 2. The van der Waals surface area contributed by atoms with E-state index in [4.69, 9.17) is 4.74 Å². The molecule has 0 aliphatic carbocycles. The third-order valence-corrected chi connectivity index (χ3v) is 7.72. The predicted octanol–water partition coefficient (Wildman–Crippen LogP) is 5.41. The van der Waals surface area contributed by atoms with Crippen molar-refractivity contribution in [1.82, 2.24) is 19.7 Å². The van der Waals surface area contributed by atoms with Gasteiger partial charge in [0.15, 0.2) is 5.16 Å². The molecule has 0 radical (unpaired) electrons. The highest BCUT2D eigenvalue weighted by molar-refractivity contribution is 7.98. The fourth-order valence-corrected chi connectivity index (χ4v) is 5.75. The lowest BCUT2D eigenvalue weighted by molar-refractivity contribution is 0.0931. The Hall–Kier alpha value is -2.29. The Balaban J connectivity index is 1.26. The molecule has 2 aromatic carbocycles. The molecule has 1 atom stereocenters. The highest BCUT2D eigenvalue weighted by atomic mass is 32.2. The number of hydrogen-bond acceptors (Lipinski definition) is 5. The van der Waals surface area contributed by atoms with Crippen LogP contribution in [-0.4, -0.2) is 45.5 Å². The molecule has 5 nitrogen and oxygen atoms in total. The molecular weight excluding hydrogens is 454 g/mol. The summed E-state index contributed by atoms with van der Waals surface area (Å²) >= 11 is 1.64. The summed E-state index contributed by atoms with van der Waals surface area (Å²) in [6.07, 6.45) is 4.36. The molecule has 3 aromatic rings. The summed E-state index contributed by atoms with van der Waals surface area (Å²) < 4.78 is 35.0. The number of nitrogens with zero attached hydrogens (tertiary/aromatic N) is 4. The largest absolute Gasteiger partial charge is 0.376 e. The molecule has 2 aliphatic heterocycles. The zero-order valence-corrected chi connectivity index (χ0v) is 20.0. The van der Waals surface area contributed by atoms with Gasteiger partial charge in [-0.1, -0.05) is 36.0 Å². The van der Waals surface area contributed by atoms with Gasteiger partial charge in [0.25, 0.3) is 0 Å². The summed E-state index contributed by atoms with van der Waals surface area (Å²) in [5, 5.41) is 10.1. The lowest BCUT2D eigenvalue weighted by atomic mass is 9.95. The maximum atomic E-state index is 13.5. The second kappa shape index (κ2) is 11.0. The number of hydrogen-bond donors (Lipinski definition) is 0. The Morgan fingerprint density at radius 3 is 2.50 bits per heavy atom. The predicted molar refractivity (Wildman–Crippen MR) is 129 cm³/mol. The van der Waals surface area contributed by atoms with Crippen molar-refractivity contribution >= 4 is 11.8 Å². The molecule has 3 heterocycles. The van der Waals surface area contributed by atoms with Crippen LogP contribution in [0.25, 0.3) is 0 Å². The van der Waals surface area contributed by atoms with Crippen LogP contribution in [0.3, 0.4) is 0 Å². The monoisotopic (exact) mass is 484 g/mol.